The highest BCUT2D eigenvalue weighted by Crippen LogP contribution is 2.28. The van der Waals surface area contributed by atoms with Crippen LogP contribution in [0.4, 0.5) is 11.6 Å². The Morgan fingerprint density at radius 1 is 0.929 bits per heavy atom. The van der Waals surface area contributed by atoms with Crippen molar-refractivity contribution < 1.29 is 4.74 Å². The Bertz CT molecular complexity index is 1210. The summed E-state index contributed by atoms with van der Waals surface area (Å²) in [7, 11) is 0. The summed E-state index contributed by atoms with van der Waals surface area (Å²) in [5.74, 6) is 1.28. The molecule has 0 unspecified atom stereocenters. The average Bonchev–Trinajstić information content (AvgIpc) is 2.68. The van der Waals surface area contributed by atoms with Crippen LogP contribution in [0.1, 0.15) is 5.56 Å². The molecular formula is C21H12BrClN4O. The molecule has 7 heteroatoms. The van der Waals surface area contributed by atoms with Gasteiger partial charge >= 0.3 is 0 Å². The molecule has 0 aliphatic rings. The van der Waals surface area contributed by atoms with E-state index in [4.69, 9.17) is 21.6 Å². The maximum Gasteiger partial charge on any atom is 0.231 e. The zero-order valence-electron chi connectivity index (χ0n) is 14.4. The summed E-state index contributed by atoms with van der Waals surface area (Å²) in [5, 5.41) is 14.3. The maximum atomic E-state index is 8.88. The summed E-state index contributed by atoms with van der Waals surface area (Å²) < 4.78 is 6.91. The first-order chi connectivity index (χ1) is 13.6. The zero-order valence-corrected chi connectivity index (χ0v) is 16.7. The summed E-state index contributed by atoms with van der Waals surface area (Å²) in [6.45, 7) is 0. The van der Waals surface area contributed by atoms with Crippen molar-refractivity contribution >= 4 is 49.9 Å². The van der Waals surface area contributed by atoms with Crippen LogP contribution in [0.3, 0.4) is 0 Å². The average molecular weight is 452 g/mol. The minimum atomic E-state index is 0.255. The molecule has 1 heterocycles. The number of nitriles is 1. The van der Waals surface area contributed by atoms with Gasteiger partial charge in [0, 0.05) is 16.2 Å². The van der Waals surface area contributed by atoms with Crippen LogP contribution in [-0.4, -0.2) is 9.97 Å². The molecule has 0 bridgehead atoms. The van der Waals surface area contributed by atoms with Gasteiger partial charge in [0.15, 0.2) is 0 Å². The Balaban J connectivity index is 1.58. The molecule has 1 N–H and O–H groups in total. The summed E-state index contributed by atoms with van der Waals surface area (Å²) in [4.78, 5) is 8.53. The van der Waals surface area contributed by atoms with Crippen molar-refractivity contribution in [1.82, 2.24) is 9.97 Å². The fourth-order valence-electron chi connectivity index (χ4n) is 2.64. The fourth-order valence-corrected chi connectivity index (χ4v) is 3.19. The summed E-state index contributed by atoms with van der Waals surface area (Å²) >= 11 is 9.59. The molecule has 4 aromatic rings. The minimum absolute atomic E-state index is 0.255. The molecule has 5 nitrogen and oxygen atoms in total. The molecule has 0 saturated heterocycles. The monoisotopic (exact) mass is 450 g/mol. The lowest BCUT2D eigenvalue weighted by Crippen LogP contribution is -1.99. The third-order valence-corrected chi connectivity index (χ3v) is 4.62. The third-order valence-electron chi connectivity index (χ3n) is 3.94. The van der Waals surface area contributed by atoms with Gasteiger partial charge < -0.3 is 10.1 Å². The lowest BCUT2D eigenvalue weighted by molar-refractivity contribution is 0.463. The minimum Gasteiger partial charge on any atom is -0.439 e. The number of fused-ring (bicyclic) bond motifs is 1. The highest BCUT2D eigenvalue weighted by Gasteiger charge is 2.07. The van der Waals surface area contributed by atoms with Crippen molar-refractivity contribution in [1.29, 1.82) is 5.26 Å². The van der Waals surface area contributed by atoms with Gasteiger partial charge in [-0.2, -0.15) is 10.2 Å². The summed E-state index contributed by atoms with van der Waals surface area (Å²) in [6.07, 6.45) is 0. The van der Waals surface area contributed by atoms with Gasteiger partial charge in [-0.1, -0.05) is 39.7 Å². The van der Waals surface area contributed by atoms with Gasteiger partial charge in [0.25, 0.3) is 0 Å². The fraction of sp³-hybridized carbons (Fsp3) is 0. The predicted octanol–water partition coefficient (Wildman–Crippen LogP) is 6.45. The van der Waals surface area contributed by atoms with Gasteiger partial charge in [-0.3, -0.25) is 0 Å². The second-order valence-electron chi connectivity index (χ2n) is 5.92. The molecule has 0 fully saturated rings. The van der Waals surface area contributed by atoms with E-state index in [0.717, 1.165) is 20.9 Å². The molecule has 0 radical (unpaired) electrons. The molecule has 0 aliphatic carbocycles. The van der Waals surface area contributed by atoms with Crippen molar-refractivity contribution in [2.24, 2.45) is 0 Å². The lowest BCUT2D eigenvalue weighted by atomic mass is 10.1. The van der Waals surface area contributed by atoms with Crippen LogP contribution in [0.2, 0.25) is 5.15 Å². The van der Waals surface area contributed by atoms with Crippen LogP contribution < -0.4 is 10.1 Å². The zero-order chi connectivity index (χ0) is 19.5. The normalized spacial score (nSPS) is 10.5. The Morgan fingerprint density at radius 2 is 1.68 bits per heavy atom. The van der Waals surface area contributed by atoms with Crippen molar-refractivity contribution in [3.05, 3.63) is 81.9 Å². The van der Waals surface area contributed by atoms with Crippen molar-refractivity contribution in [2.45, 2.75) is 0 Å². The molecule has 0 saturated carbocycles. The topological polar surface area (TPSA) is 70.8 Å². The van der Waals surface area contributed by atoms with E-state index < -0.39 is 0 Å². The molecule has 1 aromatic heterocycles. The molecule has 3 aromatic carbocycles. The van der Waals surface area contributed by atoms with Gasteiger partial charge in [0.05, 0.1) is 11.6 Å². The number of anilines is 2. The number of benzene rings is 3. The van der Waals surface area contributed by atoms with Crippen LogP contribution >= 0.6 is 27.5 Å². The second-order valence-corrected chi connectivity index (χ2v) is 7.22. The standard InChI is InChI=1S/C21H12BrClN4O/c22-16-5-3-15-10-18(8-4-14(15)9-16)28-20-11-19(23)26-21(27-20)25-17-6-1-13(12-24)2-7-17/h1-11H,(H,25,26,27). The third kappa shape index (κ3) is 4.22. The van der Waals surface area contributed by atoms with Crippen molar-refractivity contribution in [3.8, 4) is 17.7 Å². The van der Waals surface area contributed by atoms with E-state index in [2.05, 4.69) is 37.3 Å². The molecule has 0 atom stereocenters. The van der Waals surface area contributed by atoms with Crippen LogP contribution in [0, 0.1) is 11.3 Å². The summed E-state index contributed by atoms with van der Waals surface area (Å²) in [5.41, 5.74) is 1.31. The molecule has 28 heavy (non-hydrogen) atoms. The number of rotatable bonds is 4. The number of halogens is 2. The molecule has 4 rings (SSSR count). The SMILES string of the molecule is N#Cc1ccc(Nc2nc(Cl)cc(Oc3ccc4cc(Br)ccc4c3)n2)cc1. The molecule has 0 spiro atoms. The van der Waals surface area contributed by atoms with Crippen LogP contribution in [0.25, 0.3) is 10.8 Å². The van der Waals surface area contributed by atoms with E-state index in [1.165, 1.54) is 0 Å². The number of aromatic nitrogens is 2. The van der Waals surface area contributed by atoms with Crippen LogP contribution in [-0.2, 0) is 0 Å². The Labute approximate surface area is 174 Å². The van der Waals surface area contributed by atoms with Crippen LogP contribution in [0.15, 0.2) is 71.2 Å². The van der Waals surface area contributed by atoms with E-state index in [9.17, 15) is 0 Å². The van der Waals surface area contributed by atoms with E-state index >= 15 is 0 Å². The second kappa shape index (κ2) is 7.85. The van der Waals surface area contributed by atoms with Crippen molar-refractivity contribution in [3.63, 3.8) is 0 Å². The highest BCUT2D eigenvalue weighted by atomic mass is 79.9. The van der Waals surface area contributed by atoms with Gasteiger partial charge in [-0.15, -0.1) is 0 Å². The smallest absolute Gasteiger partial charge is 0.231 e. The Kier molecular flexibility index (Phi) is 5.11. The van der Waals surface area contributed by atoms with E-state index in [1.807, 2.05) is 36.4 Å². The maximum absolute atomic E-state index is 8.88. The van der Waals surface area contributed by atoms with Gasteiger partial charge in [0.1, 0.15) is 10.9 Å². The van der Waals surface area contributed by atoms with Gasteiger partial charge in [0.2, 0.25) is 11.8 Å². The molecular weight excluding hydrogens is 440 g/mol. The highest BCUT2D eigenvalue weighted by molar-refractivity contribution is 9.10. The van der Waals surface area contributed by atoms with Gasteiger partial charge in [-0.05, 0) is 59.3 Å². The first kappa shape index (κ1) is 18.2. The van der Waals surface area contributed by atoms with E-state index in [0.29, 0.717) is 23.1 Å². The predicted molar refractivity (Wildman–Crippen MR) is 113 cm³/mol. The van der Waals surface area contributed by atoms with Gasteiger partial charge in [-0.25, -0.2) is 4.98 Å². The molecule has 136 valence electrons. The molecule has 0 aliphatic heterocycles. The quantitative estimate of drug-likeness (QED) is 0.361. The number of nitrogens with zero attached hydrogens (tertiary/aromatic N) is 3. The first-order valence-corrected chi connectivity index (χ1v) is 9.45. The number of hydrogen-bond donors (Lipinski definition) is 1. The number of nitrogens with one attached hydrogen (secondary N) is 1. The molecule has 0 amide bonds. The largest absolute Gasteiger partial charge is 0.439 e. The Hall–Kier alpha value is -3.14. The van der Waals surface area contributed by atoms with E-state index in [1.54, 1.807) is 30.3 Å². The van der Waals surface area contributed by atoms with Crippen LogP contribution in [0.5, 0.6) is 11.6 Å². The lowest BCUT2D eigenvalue weighted by Gasteiger charge is -2.09. The number of hydrogen-bond acceptors (Lipinski definition) is 5. The van der Waals surface area contributed by atoms with E-state index in [-0.39, 0.29) is 5.15 Å². The Morgan fingerprint density at radius 3 is 2.46 bits per heavy atom. The van der Waals surface area contributed by atoms with Crippen molar-refractivity contribution in [2.75, 3.05) is 5.32 Å². The summed E-state index contributed by atoms with van der Waals surface area (Å²) in [6, 6.07) is 22.4. The number of ether oxygens (including phenoxy) is 1. The first-order valence-electron chi connectivity index (χ1n) is 8.28.